The molecule has 7 heteroatoms. The second-order valence-electron chi connectivity index (χ2n) is 7.04. The van der Waals surface area contributed by atoms with Crippen molar-refractivity contribution in [2.75, 3.05) is 45.8 Å². The smallest absolute Gasteiger partial charge is 0.317 e. The summed E-state index contributed by atoms with van der Waals surface area (Å²) in [4.78, 5) is 30.6. The summed E-state index contributed by atoms with van der Waals surface area (Å²) in [5.74, 6) is 0.236. The minimum atomic E-state index is 0.00764. The zero-order valence-electron chi connectivity index (χ0n) is 14.9. The van der Waals surface area contributed by atoms with E-state index >= 15 is 0 Å². The van der Waals surface area contributed by atoms with Gasteiger partial charge in [0.15, 0.2) is 0 Å². The number of likely N-dealkylation sites (tertiary alicyclic amines) is 1. The molecule has 3 amide bonds. The van der Waals surface area contributed by atoms with Gasteiger partial charge < -0.3 is 15.1 Å². The highest BCUT2D eigenvalue weighted by atomic mass is 32.1. The van der Waals surface area contributed by atoms with Gasteiger partial charge in [-0.3, -0.25) is 9.69 Å². The van der Waals surface area contributed by atoms with Crippen LogP contribution in [0.2, 0.25) is 0 Å². The maximum absolute atomic E-state index is 12.4. The van der Waals surface area contributed by atoms with Crippen LogP contribution in [-0.4, -0.2) is 78.5 Å². The number of nitrogens with one attached hydrogen (secondary N) is 1. The van der Waals surface area contributed by atoms with Crippen LogP contribution >= 0.6 is 11.3 Å². The van der Waals surface area contributed by atoms with E-state index in [-0.39, 0.29) is 18.0 Å². The van der Waals surface area contributed by atoms with E-state index in [0.717, 1.165) is 45.4 Å². The Hall–Kier alpha value is -1.60. The van der Waals surface area contributed by atoms with Crippen LogP contribution in [0, 0.1) is 0 Å². The van der Waals surface area contributed by atoms with E-state index in [1.165, 1.54) is 5.56 Å². The lowest BCUT2D eigenvalue weighted by atomic mass is 10.1. The number of nitrogens with zero attached hydrogens (tertiary/aromatic N) is 3. The molecular weight excluding hydrogens is 336 g/mol. The Kier molecular flexibility index (Phi) is 6.31. The van der Waals surface area contributed by atoms with E-state index in [1.807, 2.05) is 16.7 Å². The van der Waals surface area contributed by atoms with E-state index in [0.29, 0.717) is 19.6 Å². The van der Waals surface area contributed by atoms with Gasteiger partial charge in [0, 0.05) is 45.3 Å². The summed E-state index contributed by atoms with van der Waals surface area (Å²) in [5, 5.41) is 7.27. The van der Waals surface area contributed by atoms with Gasteiger partial charge in [0.2, 0.25) is 5.91 Å². The lowest BCUT2D eigenvalue weighted by molar-refractivity contribution is -0.131. The van der Waals surface area contributed by atoms with Crippen molar-refractivity contribution in [1.29, 1.82) is 0 Å². The Labute approximate surface area is 153 Å². The maximum Gasteiger partial charge on any atom is 0.317 e. The van der Waals surface area contributed by atoms with Gasteiger partial charge in [-0.1, -0.05) is 0 Å². The van der Waals surface area contributed by atoms with E-state index in [9.17, 15) is 9.59 Å². The first-order valence-electron chi connectivity index (χ1n) is 9.18. The standard InChI is InChI=1S/C18H28N4O2S/c1-15(12-16-4-11-25-14-16)19-18(24)22-9-7-20(8-10-22)13-17(23)21-5-2-3-6-21/h4,11,14-15H,2-3,5-10,12-13H2,1H3,(H,19,24)/t15-/m1/s1. The molecule has 0 spiro atoms. The molecule has 0 unspecified atom stereocenters. The van der Waals surface area contributed by atoms with Crippen LogP contribution in [0.5, 0.6) is 0 Å². The quantitative estimate of drug-likeness (QED) is 0.864. The first-order valence-corrected chi connectivity index (χ1v) is 10.1. The Morgan fingerprint density at radius 1 is 1.12 bits per heavy atom. The number of thiophene rings is 1. The number of piperazine rings is 1. The molecule has 1 aromatic heterocycles. The van der Waals surface area contributed by atoms with Crippen LogP contribution in [0.15, 0.2) is 16.8 Å². The number of hydrogen-bond acceptors (Lipinski definition) is 4. The molecule has 2 aliphatic heterocycles. The third kappa shape index (κ3) is 5.19. The largest absolute Gasteiger partial charge is 0.342 e. The highest BCUT2D eigenvalue weighted by Crippen LogP contribution is 2.11. The van der Waals surface area contributed by atoms with Crippen molar-refractivity contribution in [3.8, 4) is 0 Å². The predicted octanol–water partition coefficient (Wildman–Crippen LogP) is 1.63. The molecular formula is C18H28N4O2S. The van der Waals surface area contributed by atoms with Gasteiger partial charge in [0.1, 0.15) is 0 Å². The van der Waals surface area contributed by atoms with Gasteiger partial charge in [0.25, 0.3) is 0 Å². The summed E-state index contributed by atoms with van der Waals surface area (Å²) >= 11 is 1.68. The Morgan fingerprint density at radius 3 is 2.48 bits per heavy atom. The Morgan fingerprint density at radius 2 is 1.84 bits per heavy atom. The van der Waals surface area contributed by atoms with Crippen LogP contribution in [0.1, 0.15) is 25.3 Å². The number of urea groups is 1. The molecule has 2 aliphatic rings. The molecule has 2 fully saturated rings. The molecule has 1 atom stereocenters. The number of amides is 3. The third-order valence-corrected chi connectivity index (χ3v) is 5.70. The molecule has 0 aliphatic carbocycles. The van der Waals surface area contributed by atoms with Crippen molar-refractivity contribution in [3.05, 3.63) is 22.4 Å². The molecule has 3 rings (SSSR count). The van der Waals surface area contributed by atoms with E-state index in [2.05, 4.69) is 27.0 Å². The fourth-order valence-corrected chi connectivity index (χ4v) is 4.16. The van der Waals surface area contributed by atoms with Gasteiger partial charge in [-0.05, 0) is 48.6 Å². The number of carbonyl (C=O) groups is 2. The lowest BCUT2D eigenvalue weighted by Gasteiger charge is -2.35. The lowest BCUT2D eigenvalue weighted by Crippen LogP contribution is -2.54. The minimum absolute atomic E-state index is 0.00764. The molecule has 6 nitrogen and oxygen atoms in total. The zero-order chi connectivity index (χ0) is 17.6. The topological polar surface area (TPSA) is 55.9 Å². The number of hydrogen-bond donors (Lipinski definition) is 1. The zero-order valence-corrected chi connectivity index (χ0v) is 15.8. The fraction of sp³-hybridized carbons (Fsp3) is 0.667. The Bertz CT molecular complexity index is 564. The second-order valence-corrected chi connectivity index (χ2v) is 7.82. The van der Waals surface area contributed by atoms with Gasteiger partial charge in [-0.2, -0.15) is 11.3 Å². The van der Waals surface area contributed by atoms with Crippen molar-refractivity contribution in [1.82, 2.24) is 20.0 Å². The molecule has 138 valence electrons. The first kappa shape index (κ1) is 18.2. The highest BCUT2D eigenvalue weighted by Gasteiger charge is 2.25. The monoisotopic (exact) mass is 364 g/mol. The summed E-state index contributed by atoms with van der Waals surface area (Å²) in [6.45, 7) is 7.25. The van der Waals surface area contributed by atoms with E-state index in [1.54, 1.807) is 11.3 Å². The summed E-state index contributed by atoms with van der Waals surface area (Å²) < 4.78 is 0. The molecule has 2 saturated heterocycles. The molecule has 0 aromatic carbocycles. The maximum atomic E-state index is 12.4. The summed E-state index contributed by atoms with van der Waals surface area (Å²) in [7, 11) is 0. The molecule has 0 radical (unpaired) electrons. The minimum Gasteiger partial charge on any atom is -0.342 e. The number of carbonyl (C=O) groups excluding carboxylic acids is 2. The van der Waals surface area contributed by atoms with Crippen LogP contribution in [0.4, 0.5) is 4.79 Å². The fourth-order valence-electron chi connectivity index (χ4n) is 3.48. The highest BCUT2D eigenvalue weighted by molar-refractivity contribution is 7.07. The molecule has 1 aromatic rings. The first-order chi connectivity index (χ1) is 12.1. The van der Waals surface area contributed by atoms with Gasteiger partial charge in [-0.25, -0.2) is 4.79 Å². The van der Waals surface area contributed by atoms with Crippen molar-refractivity contribution in [2.45, 2.75) is 32.2 Å². The number of rotatable bonds is 5. The average molecular weight is 365 g/mol. The van der Waals surface area contributed by atoms with Crippen molar-refractivity contribution < 1.29 is 9.59 Å². The summed E-state index contributed by atoms with van der Waals surface area (Å²) in [6.07, 6.45) is 3.12. The normalized spacial score (nSPS) is 19.9. The SMILES string of the molecule is C[C@H](Cc1ccsc1)NC(=O)N1CCN(CC(=O)N2CCCC2)CC1. The third-order valence-electron chi connectivity index (χ3n) is 4.97. The molecule has 3 heterocycles. The summed E-state index contributed by atoms with van der Waals surface area (Å²) in [5.41, 5.74) is 1.27. The predicted molar refractivity (Wildman–Crippen MR) is 99.8 cm³/mol. The summed E-state index contributed by atoms with van der Waals surface area (Å²) in [6, 6.07) is 2.23. The van der Waals surface area contributed by atoms with Gasteiger partial charge in [-0.15, -0.1) is 0 Å². The molecule has 1 N–H and O–H groups in total. The molecule has 25 heavy (non-hydrogen) atoms. The second kappa shape index (κ2) is 8.67. The van der Waals surface area contributed by atoms with Crippen molar-refractivity contribution in [2.24, 2.45) is 0 Å². The average Bonchev–Trinajstić information content (AvgIpc) is 3.29. The van der Waals surface area contributed by atoms with E-state index < -0.39 is 0 Å². The van der Waals surface area contributed by atoms with Gasteiger partial charge in [0.05, 0.1) is 6.54 Å². The van der Waals surface area contributed by atoms with Crippen LogP contribution in [-0.2, 0) is 11.2 Å². The Balaban J connectivity index is 1.37. The van der Waals surface area contributed by atoms with Crippen LogP contribution in [0.25, 0.3) is 0 Å². The van der Waals surface area contributed by atoms with Crippen LogP contribution in [0.3, 0.4) is 0 Å². The van der Waals surface area contributed by atoms with Crippen molar-refractivity contribution >= 4 is 23.3 Å². The van der Waals surface area contributed by atoms with Crippen molar-refractivity contribution in [3.63, 3.8) is 0 Å². The van der Waals surface area contributed by atoms with Gasteiger partial charge >= 0.3 is 6.03 Å². The molecule has 0 bridgehead atoms. The van der Waals surface area contributed by atoms with E-state index in [4.69, 9.17) is 0 Å². The van der Waals surface area contributed by atoms with Crippen LogP contribution < -0.4 is 5.32 Å². The molecule has 0 saturated carbocycles.